The molecule has 2 N–H and O–H groups in total. The molecule has 0 aromatic heterocycles. The summed E-state index contributed by atoms with van der Waals surface area (Å²) in [5.41, 5.74) is 0.769. The van der Waals surface area contributed by atoms with Gasteiger partial charge in [-0.15, -0.1) is 0 Å². The van der Waals surface area contributed by atoms with Gasteiger partial charge < -0.3 is 10.4 Å². The van der Waals surface area contributed by atoms with Crippen molar-refractivity contribution in [2.45, 2.75) is 18.4 Å². The van der Waals surface area contributed by atoms with E-state index in [0.717, 1.165) is 31.2 Å². The molecule has 1 aromatic rings. The van der Waals surface area contributed by atoms with Gasteiger partial charge in [-0.25, -0.2) is 0 Å². The van der Waals surface area contributed by atoms with Crippen LogP contribution >= 0.6 is 0 Å². The normalized spacial score (nSPS) is 26.2. The van der Waals surface area contributed by atoms with Crippen molar-refractivity contribution in [1.82, 2.24) is 5.32 Å². The van der Waals surface area contributed by atoms with E-state index in [0.29, 0.717) is 12.1 Å². The van der Waals surface area contributed by atoms with Crippen LogP contribution < -0.4 is 5.32 Å². The third-order valence-corrected chi connectivity index (χ3v) is 2.95. The molecule has 3 heteroatoms. The van der Waals surface area contributed by atoms with Gasteiger partial charge in [0.15, 0.2) is 0 Å². The van der Waals surface area contributed by atoms with Crippen molar-refractivity contribution in [2.24, 2.45) is 0 Å². The number of aldehydes is 1. The maximum atomic E-state index is 10.5. The van der Waals surface area contributed by atoms with Crippen molar-refractivity contribution in [3.05, 3.63) is 35.4 Å². The minimum atomic E-state index is -0.764. The first kappa shape index (κ1) is 10.3. The van der Waals surface area contributed by atoms with Gasteiger partial charge in [0.1, 0.15) is 11.9 Å². The molecule has 2 rings (SSSR count). The largest absolute Gasteiger partial charge is 0.384 e. The van der Waals surface area contributed by atoms with Gasteiger partial charge in [-0.2, -0.15) is 0 Å². The summed E-state index contributed by atoms with van der Waals surface area (Å²) in [5.74, 6) is 0. The van der Waals surface area contributed by atoms with Gasteiger partial charge in [0.2, 0.25) is 0 Å². The molecule has 1 aromatic carbocycles. The first-order valence-corrected chi connectivity index (χ1v) is 5.23. The van der Waals surface area contributed by atoms with Gasteiger partial charge in [-0.3, -0.25) is 4.79 Å². The highest BCUT2D eigenvalue weighted by Gasteiger charge is 2.30. The van der Waals surface area contributed by atoms with Crippen molar-refractivity contribution in [2.75, 3.05) is 13.1 Å². The number of benzene rings is 1. The standard InChI is InChI=1S/C12H15NO2/c14-8-10-2-4-11(5-3-10)12(15)6-1-7-13-9-12/h2-5,8,13,15H,1,6-7,9H2. The average molecular weight is 205 g/mol. The van der Waals surface area contributed by atoms with Crippen LogP contribution in [0.4, 0.5) is 0 Å². The first-order chi connectivity index (χ1) is 7.24. The van der Waals surface area contributed by atoms with Crippen LogP contribution in [0.5, 0.6) is 0 Å². The van der Waals surface area contributed by atoms with Crippen molar-refractivity contribution < 1.29 is 9.90 Å². The van der Waals surface area contributed by atoms with Crippen LogP contribution in [0.3, 0.4) is 0 Å². The monoisotopic (exact) mass is 205 g/mol. The summed E-state index contributed by atoms with van der Waals surface area (Å²) in [4.78, 5) is 10.5. The van der Waals surface area contributed by atoms with E-state index in [1.54, 1.807) is 12.1 Å². The van der Waals surface area contributed by atoms with Crippen molar-refractivity contribution >= 4 is 6.29 Å². The molecule has 15 heavy (non-hydrogen) atoms. The molecular weight excluding hydrogens is 190 g/mol. The molecule has 1 aliphatic heterocycles. The van der Waals surface area contributed by atoms with Gasteiger partial charge in [0, 0.05) is 12.1 Å². The second-order valence-electron chi connectivity index (χ2n) is 4.05. The molecule has 0 bridgehead atoms. The fraction of sp³-hybridized carbons (Fsp3) is 0.417. The number of hydrogen-bond donors (Lipinski definition) is 2. The molecule has 1 fully saturated rings. The SMILES string of the molecule is O=Cc1ccc(C2(O)CCCNC2)cc1. The molecule has 1 atom stereocenters. The lowest BCUT2D eigenvalue weighted by Crippen LogP contribution is -2.43. The quantitative estimate of drug-likeness (QED) is 0.710. The highest BCUT2D eigenvalue weighted by atomic mass is 16.3. The zero-order valence-electron chi connectivity index (χ0n) is 8.57. The Morgan fingerprint density at radius 3 is 2.60 bits per heavy atom. The van der Waals surface area contributed by atoms with E-state index in [9.17, 15) is 9.90 Å². The van der Waals surface area contributed by atoms with Gasteiger partial charge in [-0.05, 0) is 24.9 Å². The summed E-state index contributed by atoms with van der Waals surface area (Å²) in [6.45, 7) is 1.56. The molecular formula is C12H15NO2. The molecule has 3 nitrogen and oxygen atoms in total. The van der Waals surface area contributed by atoms with Crippen LogP contribution in [0.1, 0.15) is 28.8 Å². The Labute approximate surface area is 89.1 Å². The summed E-state index contributed by atoms with van der Waals surface area (Å²) in [6.07, 6.45) is 2.57. The Morgan fingerprint density at radius 1 is 1.33 bits per heavy atom. The third-order valence-electron chi connectivity index (χ3n) is 2.95. The summed E-state index contributed by atoms with van der Waals surface area (Å²) in [5, 5.41) is 13.5. The number of piperidine rings is 1. The fourth-order valence-corrected chi connectivity index (χ4v) is 2.01. The lowest BCUT2D eigenvalue weighted by molar-refractivity contribution is 0.0123. The second-order valence-corrected chi connectivity index (χ2v) is 4.05. The number of carbonyl (C=O) groups is 1. The molecule has 0 saturated carbocycles. The van der Waals surface area contributed by atoms with Gasteiger partial charge in [0.05, 0.1) is 0 Å². The van der Waals surface area contributed by atoms with Gasteiger partial charge in [0.25, 0.3) is 0 Å². The summed E-state index contributed by atoms with van der Waals surface area (Å²) in [7, 11) is 0. The Balaban J connectivity index is 2.23. The van der Waals surface area contributed by atoms with E-state index < -0.39 is 5.60 Å². The van der Waals surface area contributed by atoms with E-state index in [4.69, 9.17) is 0 Å². The molecule has 1 saturated heterocycles. The highest BCUT2D eigenvalue weighted by Crippen LogP contribution is 2.28. The van der Waals surface area contributed by atoms with E-state index in [2.05, 4.69) is 5.32 Å². The molecule has 0 spiro atoms. The van der Waals surface area contributed by atoms with Crippen LogP contribution in [0.2, 0.25) is 0 Å². The maximum Gasteiger partial charge on any atom is 0.150 e. The lowest BCUT2D eigenvalue weighted by Gasteiger charge is -2.33. The smallest absolute Gasteiger partial charge is 0.150 e. The Kier molecular flexibility index (Phi) is 2.84. The minimum absolute atomic E-state index is 0.591. The number of β-amino-alcohol motifs (C(OH)–C–C–N with tert-alkyl or cyclic N) is 1. The summed E-state index contributed by atoms with van der Waals surface area (Å²) < 4.78 is 0. The van der Waals surface area contributed by atoms with Gasteiger partial charge in [-0.1, -0.05) is 24.3 Å². The van der Waals surface area contributed by atoms with Crippen LogP contribution in [0.15, 0.2) is 24.3 Å². The predicted molar refractivity (Wildman–Crippen MR) is 57.8 cm³/mol. The highest BCUT2D eigenvalue weighted by molar-refractivity contribution is 5.74. The van der Waals surface area contributed by atoms with E-state index in [1.165, 1.54) is 0 Å². The number of nitrogens with one attached hydrogen (secondary N) is 1. The van der Waals surface area contributed by atoms with Crippen LogP contribution in [-0.4, -0.2) is 24.5 Å². The fourth-order valence-electron chi connectivity index (χ4n) is 2.01. The Morgan fingerprint density at radius 2 is 2.07 bits per heavy atom. The Bertz CT molecular complexity index is 339. The van der Waals surface area contributed by atoms with E-state index in [-0.39, 0.29) is 0 Å². The second kappa shape index (κ2) is 4.13. The zero-order chi connectivity index (χ0) is 10.7. The average Bonchev–Trinajstić information content (AvgIpc) is 2.30. The summed E-state index contributed by atoms with van der Waals surface area (Å²) >= 11 is 0. The van der Waals surface area contributed by atoms with E-state index >= 15 is 0 Å². The lowest BCUT2D eigenvalue weighted by atomic mass is 9.86. The van der Waals surface area contributed by atoms with Crippen molar-refractivity contribution in [3.63, 3.8) is 0 Å². The number of carbonyl (C=O) groups excluding carboxylic acids is 1. The first-order valence-electron chi connectivity index (χ1n) is 5.23. The molecule has 1 unspecified atom stereocenters. The van der Waals surface area contributed by atoms with Crippen LogP contribution in [-0.2, 0) is 5.60 Å². The molecule has 1 heterocycles. The molecule has 80 valence electrons. The van der Waals surface area contributed by atoms with E-state index in [1.807, 2.05) is 12.1 Å². The summed E-state index contributed by atoms with van der Waals surface area (Å²) in [6, 6.07) is 7.15. The maximum absolute atomic E-state index is 10.5. The molecule has 0 radical (unpaired) electrons. The van der Waals surface area contributed by atoms with Crippen LogP contribution in [0, 0.1) is 0 Å². The predicted octanol–water partition coefficient (Wildman–Crippen LogP) is 1.07. The van der Waals surface area contributed by atoms with Crippen molar-refractivity contribution in [3.8, 4) is 0 Å². The van der Waals surface area contributed by atoms with Crippen LogP contribution in [0.25, 0.3) is 0 Å². The minimum Gasteiger partial charge on any atom is -0.384 e. The topological polar surface area (TPSA) is 49.3 Å². The van der Waals surface area contributed by atoms with Gasteiger partial charge >= 0.3 is 0 Å². The Hall–Kier alpha value is -1.19. The number of rotatable bonds is 2. The molecule has 0 amide bonds. The third kappa shape index (κ3) is 2.08. The van der Waals surface area contributed by atoms with Crippen molar-refractivity contribution in [1.29, 1.82) is 0 Å². The number of hydrogen-bond acceptors (Lipinski definition) is 3. The molecule has 0 aliphatic carbocycles. The molecule has 1 aliphatic rings. The number of aliphatic hydroxyl groups is 1. The zero-order valence-corrected chi connectivity index (χ0v) is 8.57.